The number of allylic oxidation sites excluding steroid dienone is 9. The van der Waals surface area contributed by atoms with Crippen LogP contribution in [0.5, 0.6) is 0 Å². The molecule has 9 heteroatoms. The number of esters is 1. The van der Waals surface area contributed by atoms with Gasteiger partial charge < -0.3 is 20.1 Å². The molecule has 0 spiro atoms. The van der Waals surface area contributed by atoms with Crippen LogP contribution in [0.2, 0.25) is 0 Å². The van der Waals surface area contributed by atoms with E-state index in [4.69, 9.17) is 24.3 Å². The van der Waals surface area contributed by atoms with E-state index in [-0.39, 0.29) is 32.8 Å². The molecule has 8 nitrogen and oxygen atoms in total. The molecule has 0 aromatic rings. The average molecular weight is 542 g/mol. The largest absolute Gasteiger partial charge is 0.472 e. The molecule has 0 bridgehead atoms. The van der Waals surface area contributed by atoms with Crippen LogP contribution in [0.4, 0.5) is 0 Å². The molecule has 2 atom stereocenters. The van der Waals surface area contributed by atoms with Crippen molar-refractivity contribution in [3.8, 4) is 0 Å². The van der Waals surface area contributed by atoms with Crippen molar-refractivity contribution in [3.63, 3.8) is 0 Å². The molecule has 0 aliphatic rings. The lowest BCUT2D eigenvalue weighted by Crippen LogP contribution is -2.28. The molecule has 0 amide bonds. The van der Waals surface area contributed by atoms with Crippen LogP contribution in [0, 0.1) is 0 Å². The van der Waals surface area contributed by atoms with Gasteiger partial charge in [0.1, 0.15) is 6.10 Å². The lowest BCUT2D eigenvalue weighted by Gasteiger charge is -2.19. The fourth-order valence-electron chi connectivity index (χ4n) is 2.80. The molecular formula is C28H48NO7P. The predicted molar refractivity (Wildman–Crippen MR) is 150 cm³/mol. The number of carbonyl (C=O) groups is 1. The Balaban J connectivity index is 4.15. The lowest BCUT2D eigenvalue weighted by atomic mass is 10.2. The summed E-state index contributed by atoms with van der Waals surface area (Å²) < 4.78 is 32.4. The molecule has 212 valence electrons. The number of hydrogen-bond donors (Lipinski definition) is 2. The summed E-state index contributed by atoms with van der Waals surface area (Å²) in [7, 11) is -4.26. The van der Waals surface area contributed by atoms with Gasteiger partial charge in [-0.2, -0.15) is 0 Å². The summed E-state index contributed by atoms with van der Waals surface area (Å²) in [4.78, 5) is 21.6. The average Bonchev–Trinajstić information content (AvgIpc) is 2.88. The van der Waals surface area contributed by atoms with Crippen molar-refractivity contribution in [2.45, 2.75) is 77.7 Å². The Kier molecular flexibility index (Phi) is 24.6. The number of phosphoric acid groups is 1. The van der Waals surface area contributed by atoms with Crippen molar-refractivity contribution >= 4 is 13.8 Å². The summed E-state index contributed by atoms with van der Waals surface area (Å²) in [6.45, 7) is 4.25. The van der Waals surface area contributed by atoms with Crippen molar-refractivity contribution < 1.29 is 32.8 Å². The van der Waals surface area contributed by atoms with E-state index >= 15 is 0 Å². The van der Waals surface area contributed by atoms with E-state index < -0.39 is 19.9 Å². The first-order valence-electron chi connectivity index (χ1n) is 13.3. The molecule has 0 aromatic carbocycles. The fraction of sp³-hybridized carbons (Fsp3) is 0.607. The first kappa shape index (κ1) is 35.2. The molecule has 3 N–H and O–H groups in total. The minimum atomic E-state index is -4.26. The molecule has 0 aliphatic carbocycles. The van der Waals surface area contributed by atoms with Gasteiger partial charge in [-0.25, -0.2) is 4.57 Å². The smallest absolute Gasteiger partial charge is 0.457 e. The molecule has 0 aliphatic heterocycles. The van der Waals surface area contributed by atoms with Crippen molar-refractivity contribution in [3.05, 3.63) is 60.8 Å². The summed E-state index contributed by atoms with van der Waals surface area (Å²) >= 11 is 0. The van der Waals surface area contributed by atoms with Crippen molar-refractivity contribution in [2.75, 3.05) is 33.0 Å². The summed E-state index contributed by atoms with van der Waals surface area (Å²) in [5.41, 5.74) is 5.27. The topological polar surface area (TPSA) is 117 Å². The third kappa shape index (κ3) is 25.6. The lowest BCUT2D eigenvalue weighted by molar-refractivity contribution is -0.154. The van der Waals surface area contributed by atoms with Crippen LogP contribution in [0.1, 0.15) is 71.6 Å². The molecule has 0 fully saturated rings. The second-order valence-corrected chi connectivity index (χ2v) is 9.63. The van der Waals surface area contributed by atoms with Crippen molar-refractivity contribution in [1.29, 1.82) is 0 Å². The van der Waals surface area contributed by atoms with Crippen LogP contribution in [0.15, 0.2) is 60.8 Å². The minimum Gasteiger partial charge on any atom is -0.457 e. The Morgan fingerprint density at radius 1 is 0.838 bits per heavy atom. The number of phosphoric ester groups is 1. The van der Waals surface area contributed by atoms with E-state index in [0.717, 1.165) is 38.5 Å². The summed E-state index contributed by atoms with van der Waals surface area (Å²) in [5, 5.41) is 0. The quantitative estimate of drug-likeness (QED) is 0.0629. The number of ether oxygens (including phenoxy) is 2. The van der Waals surface area contributed by atoms with E-state index in [1.165, 1.54) is 0 Å². The standard InChI is InChI=1S/C28H48NO7P/c1-3-5-7-8-9-10-11-12-13-14-15-16-17-18-19-20-23-33-25-27(36-28(30)21-6-4-2)26-35-37(31,32)34-24-22-29/h5,7,9-10,12-13,15-16,18-19,27H,3-4,6,8,11,14,17,20-26,29H2,1-2H3,(H,31,32)/b7-5-,10-9-,13-12-,16-15-,19-18-. The predicted octanol–water partition coefficient (Wildman–Crippen LogP) is 6.34. The third-order valence-corrected chi connectivity index (χ3v) is 5.70. The van der Waals surface area contributed by atoms with Crippen LogP contribution in [0.3, 0.4) is 0 Å². The van der Waals surface area contributed by atoms with E-state index in [1.807, 2.05) is 13.0 Å². The van der Waals surface area contributed by atoms with Gasteiger partial charge >= 0.3 is 13.8 Å². The van der Waals surface area contributed by atoms with Gasteiger partial charge in [0.25, 0.3) is 0 Å². The van der Waals surface area contributed by atoms with Crippen LogP contribution in [-0.4, -0.2) is 49.9 Å². The van der Waals surface area contributed by atoms with Crippen molar-refractivity contribution in [2.24, 2.45) is 5.73 Å². The zero-order chi connectivity index (χ0) is 27.5. The highest BCUT2D eigenvalue weighted by Gasteiger charge is 2.25. The molecule has 37 heavy (non-hydrogen) atoms. The Hall–Kier alpha value is -1.80. The monoisotopic (exact) mass is 541 g/mol. The molecule has 0 rings (SSSR count). The molecule has 0 saturated carbocycles. The molecule has 0 aromatic heterocycles. The maximum Gasteiger partial charge on any atom is 0.472 e. The Morgan fingerprint density at radius 3 is 1.95 bits per heavy atom. The van der Waals surface area contributed by atoms with Gasteiger partial charge in [-0.15, -0.1) is 0 Å². The summed E-state index contributed by atoms with van der Waals surface area (Å²) in [5.74, 6) is -0.396. The number of hydrogen-bond acceptors (Lipinski definition) is 7. The van der Waals surface area contributed by atoms with Gasteiger partial charge in [-0.1, -0.05) is 81.0 Å². The minimum absolute atomic E-state index is 0.0550. The van der Waals surface area contributed by atoms with Gasteiger partial charge in [-0.3, -0.25) is 13.8 Å². The van der Waals surface area contributed by atoms with E-state index in [0.29, 0.717) is 19.4 Å². The Labute approximate surface area is 223 Å². The van der Waals surface area contributed by atoms with Gasteiger partial charge in [0.2, 0.25) is 0 Å². The van der Waals surface area contributed by atoms with Gasteiger partial charge in [0, 0.05) is 13.0 Å². The number of unbranched alkanes of at least 4 members (excludes halogenated alkanes) is 1. The van der Waals surface area contributed by atoms with E-state index in [9.17, 15) is 14.3 Å². The molecule has 2 unspecified atom stereocenters. The molecule has 0 saturated heterocycles. The second kappa shape index (κ2) is 25.8. The van der Waals surface area contributed by atoms with E-state index in [2.05, 4.69) is 61.6 Å². The summed E-state index contributed by atoms with van der Waals surface area (Å²) in [6.07, 6.45) is 27.9. The zero-order valence-corrected chi connectivity index (χ0v) is 23.6. The van der Waals surface area contributed by atoms with Crippen molar-refractivity contribution in [1.82, 2.24) is 0 Å². The fourth-order valence-corrected chi connectivity index (χ4v) is 3.56. The molecule has 0 heterocycles. The molecular weight excluding hydrogens is 493 g/mol. The van der Waals surface area contributed by atoms with Gasteiger partial charge in [0.05, 0.1) is 26.4 Å². The normalized spacial score (nSPS) is 15.0. The first-order chi connectivity index (χ1) is 17.9. The maximum atomic E-state index is 12.0. The van der Waals surface area contributed by atoms with Crippen LogP contribution < -0.4 is 5.73 Å². The first-order valence-corrected chi connectivity index (χ1v) is 14.8. The summed E-state index contributed by atoms with van der Waals surface area (Å²) in [6, 6.07) is 0. The highest BCUT2D eigenvalue weighted by Crippen LogP contribution is 2.43. The Morgan fingerprint density at radius 2 is 1.41 bits per heavy atom. The maximum absolute atomic E-state index is 12.0. The number of carbonyl (C=O) groups excluding carboxylic acids is 1. The highest BCUT2D eigenvalue weighted by molar-refractivity contribution is 7.47. The van der Waals surface area contributed by atoms with Gasteiger partial charge in [-0.05, 0) is 44.9 Å². The van der Waals surface area contributed by atoms with Crippen LogP contribution >= 0.6 is 7.82 Å². The number of nitrogens with two attached hydrogens (primary N) is 1. The number of rotatable bonds is 24. The third-order valence-electron chi connectivity index (χ3n) is 4.72. The molecule has 0 radical (unpaired) electrons. The highest BCUT2D eigenvalue weighted by atomic mass is 31.2. The van der Waals surface area contributed by atoms with Crippen LogP contribution in [0.25, 0.3) is 0 Å². The Bertz CT molecular complexity index is 747. The zero-order valence-electron chi connectivity index (χ0n) is 22.7. The van der Waals surface area contributed by atoms with Crippen LogP contribution in [-0.2, 0) is 27.9 Å². The SMILES string of the molecule is CC/C=C\C/C=C\C/C=C\C/C=C\C/C=C\CCOCC(COP(=O)(O)OCCN)OC(=O)CCCC. The second-order valence-electron chi connectivity index (χ2n) is 8.17. The van der Waals surface area contributed by atoms with Gasteiger partial charge in [0.15, 0.2) is 0 Å². The van der Waals surface area contributed by atoms with E-state index in [1.54, 1.807) is 0 Å².